The Morgan fingerprint density at radius 3 is 2.63 bits per heavy atom. The second kappa shape index (κ2) is 8.28. The molecule has 0 fully saturated rings. The molecule has 1 N–H and O–H groups in total. The number of aromatic amines is 1. The van der Waals surface area contributed by atoms with Crippen molar-refractivity contribution in [3.05, 3.63) is 51.8 Å². The summed E-state index contributed by atoms with van der Waals surface area (Å²) in [5, 5.41) is 9.69. The molecule has 3 aromatic rings. The van der Waals surface area contributed by atoms with E-state index in [0.717, 1.165) is 26.6 Å². The Kier molecular flexibility index (Phi) is 5.82. The van der Waals surface area contributed by atoms with Crippen LogP contribution < -0.4 is 9.47 Å². The number of allylic oxidation sites excluding steroid dienone is 1. The molecule has 2 aromatic carbocycles. The van der Waals surface area contributed by atoms with Gasteiger partial charge >= 0.3 is 0 Å². The number of imidazole rings is 1. The van der Waals surface area contributed by atoms with E-state index in [9.17, 15) is 5.26 Å². The normalized spacial score (nSPS) is 11.4. The highest BCUT2D eigenvalue weighted by Crippen LogP contribution is 2.35. The van der Waals surface area contributed by atoms with Crippen molar-refractivity contribution < 1.29 is 9.47 Å². The quantitative estimate of drug-likeness (QED) is 0.529. The van der Waals surface area contributed by atoms with Gasteiger partial charge < -0.3 is 14.5 Å². The molecule has 5 nitrogen and oxygen atoms in total. The summed E-state index contributed by atoms with van der Waals surface area (Å²) in [5.41, 5.74) is 4.08. The Bertz CT molecular complexity index is 1050. The molecule has 0 bridgehead atoms. The van der Waals surface area contributed by atoms with E-state index >= 15 is 0 Å². The number of fused-ring (bicyclic) bond motifs is 1. The zero-order valence-corrected chi connectivity index (χ0v) is 17.1. The highest BCUT2D eigenvalue weighted by atomic mass is 79.9. The van der Waals surface area contributed by atoms with Crippen molar-refractivity contribution in [3.63, 3.8) is 0 Å². The second-order valence-corrected chi connectivity index (χ2v) is 6.82. The summed E-state index contributed by atoms with van der Waals surface area (Å²) in [4.78, 5) is 7.77. The zero-order chi connectivity index (χ0) is 19.4. The first-order valence-corrected chi connectivity index (χ1v) is 9.52. The van der Waals surface area contributed by atoms with Gasteiger partial charge in [0.05, 0.1) is 34.3 Å². The first-order valence-electron chi connectivity index (χ1n) is 8.73. The lowest BCUT2D eigenvalue weighted by atomic mass is 10.1. The van der Waals surface area contributed by atoms with Gasteiger partial charge in [0.25, 0.3) is 0 Å². The fourth-order valence-corrected chi connectivity index (χ4v) is 3.25. The molecule has 0 saturated heterocycles. The number of rotatable bonds is 6. The predicted octanol–water partition coefficient (Wildman–Crippen LogP) is 5.50. The summed E-state index contributed by atoms with van der Waals surface area (Å²) in [6.45, 7) is 6.94. The van der Waals surface area contributed by atoms with Crippen LogP contribution in [0.1, 0.15) is 30.8 Å². The molecule has 0 radical (unpaired) electrons. The van der Waals surface area contributed by atoms with Crippen molar-refractivity contribution in [2.24, 2.45) is 0 Å². The lowest BCUT2D eigenvalue weighted by Crippen LogP contribution is -1.98. The number of aromatic nitrogens is 2. The van der Waals surface area contributed by atoms with Crippen LogP contribution in [0.5, 0.6) is 11.5 Å². The predicted molar refractivity (Wildman–Crippen MR) is 111 cm³/mol. The van der Waals surface area contributed by atoms with Gasteiger partial charge in [0.2, 0.25) is 0 Å². The lowest BCUT2D eigenvalue weighted by Gasteiger charge is -2.12. The maximum Gasteiger partial charge on any atom is 0.149 e. The number of nitrogens with zero attached hydrogens (tertiary/aromatic N) is 2. The van der Waals surface area contributed by atoms with Crippen molar-refractivity contribution in [1.29, 1.82) is 5.26 Å². The summed E-state index contributed by atoms with van der Waals surface area (Å²) in [6, 6.07) is 11.9. The standard InChI is InChI=1S/C21H20BrN3O2/c1-4-26-19-11-20(27-5-2)16(22)10-14(19)9-15(12-23)21-24-17-7-6-13(3)8-18(17)25-21/h6-11H,4-5H2,1-3H3,(H,24,25)/b15-9-. The van der Waals surface area contributed by atoms with Gasteiger partial charge in [0.15, 0.2) is 0 Å². The molecule has 1 heterocycles. The Morgan fingerprint density at radius 1 is 1.19 bits per heavy atom. The van der Waals surface area contributed by atoms with Crippen LogP contribution in [0.15, 0.2) is 34.8 Å². The molecule has 0 atom stereocenters. The maximum absolute atomic E-state index is 9.69. The molecule has 6 heteroatoms. The molecule has 0 saturated carbocycles. The van der Waals surface area contributed by atoms with Crippen LogP contribution in [0.4, 0.5) is 0 Å². The third-order valence-electron chi connectivity index (χ3n) is 3.98. The molecular formula is C21H20BrN3O2. The largest absolute Gasteiger partial charge is 0.493 e. The van der Waals surface area contributed by atoms with Gasteiger partial charge in [0.1, 0.15) is 23.4 Å². The first-order chi connectivity index (χ1) is 13.0. The van der Waals surface area contributed by atoms with Crippen LogP contribution in [-0.4, -0.2) is 23.2 Å². The second-order valence-electron chi connectivity index (χ2n) is 5.96. The molecule has 138 valence electrons. The van der Waals surface area contributed by atoms with Crippen LogP contribution in [0.25, 0.3) is 22.7 Å². The van der Waals surface area contributed by atoms with E-state index in [4.69, 9.17) is 9.47 Å². The molecule has 0 spiro atoms. The van der Waals surface area contributed by atoms with Gasteiger partial charge in [-0.2, -0.15) is 5.26 Å². The minimum absolute atomic E-state index is 0.431. The first kappa shape index (κ1) is 19.0. The molecule has 0 unspecified atom stereocenters. The highest BCUT2D eigenvalue weighted by molar-refractivity contribution is 9.10. The van der Waals surface area contributed by atoms with Crippen LogP contribution in [0.3, 0.4) is 0 Å². The van der Waals surface area contributed by atoms with Gasteiger partial charge in [-0.05, 0) is 66.5 Å². The number of nitrogens with one attached hydrogen (secondary N) is 1. The van der Waals surface area contributed by atoms with Crippen LogP contribution >= 0.6 is 15.9 Å². The highest BCUT2D eigenvalue weighted by Gasteiger charge is 2.13. The minimum atomic E-state index is 0.431. The van der Waals surface area contributed by atoms with Crippen molar-refractivity contribution >= 4 is 38.6 Å². The zero-order valence-electron chi connectivity index (χ0n) is 15.5. The van der Waals surface area contributed by atoms with E-state index in [1.807, 2.05) is 51.1 Å². The SMILES string of the molecule is CCOc1cc(OCC)c(/C=C(/C#N)c2nc3ccc(C)cc3[nH]2)cc1Br. The Hall–Kier alpha value is -2.78. The smallest absolute Gasteiger partial charge is 0.149 e. The van der Waals surface area contributed by atoms with Crippen molar-refractivity contribution in [2.45, 2.75) is 20.8 Å². The van der Waals surface area contributed by atoms with Gasteiger partial charge in [-0.1, -0.05) is 6.07 Å². The summed E-state index contributed by atoms with van der Waals surface area (Å²) in [5.74, 6) is 1.89. The van der Waals surface area contributed by atoms with E-state index in [-0.39, 0.29) is 0 Å². The number of hydrogen-bond donors (Lipinski definition) is 1. The molecule has 0 amide bonds. The van der Waals surface area contributed by atoms with Crippen LogP contribution in [0.2, 0.25) is 0 Å². The minimum Gasteiger partial charge on any atom is -0.493 e. The Morgan fingerprint density at radius 2 is 1.93 bits per heavy atom. The molecule has 1 aromatic heterocycles. The van der Waals surface area contributed by atoms with E-state index in [0.29, 0.717) is 36.1 Å². The van der Waals surface area contributed by atoms with E-state index in [1.165, 1.54) is 0 Å². The Balaban J connectivity index is 2.08. The number of aryl methyl sites for hydroxylation is 1. The molecule has 3 rings (SSSR count). The maximum atomic E-state index is 9.69. The number of halogens is 1. The lowest BCUT2D eigenvalue weighted by molar-refractivity contribution is 0.321. The number of hydrogen-bond acceptors (Lipinski definition) is 4. The number of H-pyrrole nitrogens is 1. The summed E-state index contributed by atoms with van der Waals surface area (Å²) in [7, 11) is 0. The topological polar surface area (TPSA) is 70.9 Å². The summed E-state index contributed by atoms with van der Waals surface area (Å²) < 4.78 is 12.2. The number of benzene rings is 2. The van der Waals surface area contributed by atoms with Crippen LogP contribution in [0, 0.1) is 18.3 Å². The number of nitriles is 1. The molecule has 0 aliphatic heterocycles. The summed E-state index contributed by atoms with van der Waals surface area (Å²) in [6.07, 6.45) is 1.77. The fourth-order valence-electron chi connectivity index (χ4n) is 2.77. The van der Waals surface area contributed by atoms with Gasteiger partial charge in [0, 0.05) is 11.6 Å². The van der Waals surface area contributed by atoms with Crippen LogP contribution in [-0.2, 0) is 0 Å². The third kappa shape index (κ3) is 4.15. The molecule has 27 heavy (non-hydrogen) atoms. The van der Waals surface area contributed by atoms with E-state index in [2.05, 4.69) is 32.0 Å². The molecule has 0 aliphatic carbocycles. The average molecular weight is 426 g/mol. The van der Waals surface area contributed by atoms with Crippen molar-refractivity contribution in [1.82, 2.24) is 9.97 Å². The van der Waals surface area contributed by atoms with Crippen molar-refractivity contribution in [3.8, 4) is 17.6 Å². The summed E-state index contributed by atoms with van der Waals surface area (Å²) >= 11 is 3.52. The average Bonchev–Trinajstić information content (AvgIpc) is 3.06. The van der Waals surface area contributed by atoms with Gasteiger partial charge in [-0.15, -0.1) is 0 Å². The van der Waals surface area contributed by atoms with E-state index < -0.39 is 0 Å². The fraction of sp³-hybridized carbons (Fsp3) is 0.238. The molecule has 0 aliphatic rings. The number of ether oxygens (including phenoxy) is 2. The monoisotopic (exact) mass is 425 g/mol. The third-order valence-corrected chi connectivity index (χ3v) is 4.60. The van der Waals surface area contributed by atoms with Gasteiger partial charge in [-0.3, -0.25) is 0 Å². The Labute approximate surface area is 166 Å². The van der Waals surface area contributed by atoms with E-state index in [1.54, 1.807) is 6.08 Å². The molecular weight excluding hydrogens is 406 g/mol. The van der Waals surface area contributed by atoms with Gasteiger partial charge in [-0.25, -0.2) is 4.98 Å². The van der Waals surface area contributed by atoms with Crippen molar-refractivity contribution in [2.75, 3.05) is 13.2 Å².